The second-order valence-electron chi connectivity index (χ2n) is 2.54. The molecule has 1 aromatic rings. The summed E-state index contributed by atoms with van der Waals surface area (Å²) < 4.78 is 0. The summed E-state index contributed by atoms with van der Waals surface area (Å²) in [5.41, 5.74) is 6.83. The van der Waals surface area contributed by atoms with Crippen LogP contribution in [0.3, 0.4) is 0 Å². The predicted octanol–water partition coefficient (Wildman–Crippen LogP) is 0.558. The van der Waals surface area contributed by atoms with Crippen LogP contribution in [-0.4, -0.2) is 11.0 Å². The highest BCUT2D eigenvalue weighted by molar-refractivity contribution is 5.71. The molecule has 0 bridgehead atoms. The van der Waals surface area contributed by atoms with Crippen LogP contribution in [0.5, 0.6) is 0 Å². The zero-order chi connectivity index (χ0) is 8.97. The number of carbonyl (C=O) groups is 1. The Kier molecular flexibility index (Phi) is 2.63. The molecular formula is C8H11N3O. The molecule has 2 amide bonds. The third kappa shape index (κ3) is 2.57. The van der Waals surface area contributed by atoms with Gasteiger partial charge in [-0.1, -0.05) is 0 Å². The summed E-state index contributed by atoms with van der Waals surface area (Å²) in [6, 6.07) is 3.27. The number of hydrogen-bond donors (Lipinski definition) is 2. The van der Waals surface area contributed by atoms with E-state index < -0.39 is 6.03 Å². The fourth-order valence-electron chi connectivity index (χ4n) is 0.873. The van der Waals surface area contributed by atoms with Gasteiger partial charge < -0.3 is 11.1 Å². The summed E-state index contributed by atoms with van der Waals surface area (Å²) in [7, 11) is 0. The Morgan fingerprint density at radius 3 is 3.08 bits per heavy atom. The van der Waals surface area contributed by atoms with E-state index in [9.17, 15) is 4.79 Å². The highest BCUT2D eigenvalue weighted by atomic mass is 16.2. The maximum Gasteiger partial charge on any atom is 0.312 e. The molecule has 0 unspecified atom stereocenters. The fourth-order valence-corrected chi connectivity index (χ4v) is 0.873. The van der Waals surface area contributed by atoms with E-state index in [4.69, 9.17) is 5.73 Å². The van der Waals surface area contributed by atoms with Crippen molar-refractivity contribution in [2.75, 3.05) is 0 Å². The van der Waals surface area contributed by atoms with Gasteiger partial charge >= 0.3 is 6.03 Å². The Balaban J connectivity index is 2.57. The Morgan fingerprint density at radius 2 is 2.50 bits per heavy atom. The average Bonchev–Trinajstić information content (AvgIpc) is 2.01. The van der Waals surface area contributed by atoms with Crippen LogP contribution < -0.4 is 11.1 Å². The average molecular weight is 165 g/mol. The van der Waals surface area contributed by atoms with Crippen molar-refractivity contribution in [2.24, 2.45) is 5.73 Å². The van der Waals surface area contributed by atoms with Crippen molar-refractivity contribution in [1.29, 1.82) is 0 Å². The zero-order valence-corrected chi connectivity index (χ0v) is 6.87. The standard InChI is InChI=1S/C8H11N3O/c1-6-2-3-10-7(4-6)5-11-8(9)12/h2-4H,5H2,1H3,(H3,9,11,12). The Hall–Kier alpha value is -1.58. The molecular weight excluding hydrogens is 154 g/mol. The largest absolute Gasteiger partial charge is 0.352 e. The van der Waals surface area contributed by atoms with E-state index in [0.29, 0.717) is 6.54 Å². The molecule has 1 aromatic heterocycles. The molecule has 0 saturated carbocycles. The molecule has 0 saturated heterocycles. The molecule has 0 fully saturated rings. The molecule has 4 nitrogen and oxygen atoms in total. The third-order valence-corrected chi connectivity index (χ3v) is 1.42. The van der Waals surface area contributed by atoms with Crippen LogP contribution in [-0.2, 0) is 6.54 Å². The number of aromatic nitrogens is 1. The van der Waals surface area contributed by atoms with Gasteiger partial charge in [0.25, 0.3) is 0 Å². The molecule has 0 radical (unpaired) electrons. The number of rotatable bonds is 2. The first-order chi connectivity index (χ1) is 5.68. The molecule has 1 rings (SSSR count). The van der Waals surface area contributed by atoms with Crippen LogP contribution in [0.15, 0.2) is 18.3 Å². The normalized spacial score (nSPS) is 9.42. The second kappa shape index (κ2) is 3.71. The van der Waals surface area contributed by atoms with Gasteiger partial charge in [0.05, 0.1) is 12.2 Å². The lowest BCUT2D eigenvalue weighted by Gasteiger charge is -2.01. The van der Waals surface area contributed by atoms with Crippen LogP contribution in [0, 0.1) is 6.92 Å². The van der Waals surface area contributed by atoms with Crippen LogP contribution in [0.25, 0.3) is 0 Å². The number of carbonyl (C=O) groups excluding carboxylic acids is 1. The number of pyridine rings is 1. The molecule has 0 aliphatic rings. The van der Waals surface area contributed by atoms with Gasteiger partial charge in [0, 0.05) is 6.20 Å². The minimum absolute atomic E-state index is 0.386. The van der Waals surface area contributed by atoms with Crippen LogP contribution in [0.2, 0.25) is 0 Å². The lowest BCUT2D eigenvalue weighted by atomic mass is 10.2. The molecule has 0 aliphatic heterocycles. The topological polar surface area (TPSA) is 68.0 Å². The summed E-state index contributed by atoms with van der Waals surface area (Å²) in [6.45, 7) is 2.35. The summed E-state index contributed by atoms with van der Waals surface area (Å²) in [4.78, 5) is 14.4. The first kappa shape index (κ1) is 8.52. The first-order valence-electron chi connectivity index (χ1n) is 3.63. The molecule has 12 heavy (non-hydrogen) atoms. The monoisotopic (exact) mass is 165 g/mol. The van der Waals surface area contributed by atoms with E-state index in [-0.39, 0.29) is 0 Å². The lowest BCUT2D eigenvalue weighted by Crippen LogP contribution is -2.28. The Bertz CT molecular complexity index is 285. The molecule has 3 N–H and O–H groups in total. The SMILES string of the molecule is Cc1ccnc(CNC(N)=O)c1. The van der Waals surface area contributed by atoms with Gasteiger partial charge in [-0.05, 0) is 24.6 Å². The number of aryl methyl sites for hydroxylation is 1. The minimum Gasteiger partial charge on any atom is -0.352 e. The van der Waals surface area contributed by atoms with E-state index in [0.717, 1.165) is 11.3 Å². The highest BCUT2D eigenvalue weighted by Gasteiger charge is 1.95. The maximum absolute atomic E-state index is 10.3. The van der Waals surface area contributed by atoms with E-state index in [1.807, 2.05) is 19.1 Å². The van der Waals surface area contributed by atoms with E-state index in [1.54, 1.807) is 6.20 Å². The summed E-state index contributed by atoms with van der Waals surface area (Å²) in [5.74, 6) is 0. The van der Waals surface area contributed by atoms with Crippen molar-refractivity contribution in [3.8, 4) is 0 Å². The zero-order valence-electron chi connectivity index (χ0n) is 6.87. The quantitative estimate of drug-likeness (QED) is 0.672. The second-order valence-corrected chi connectivity index (χ2v) is 2.54. The van der Waals surface area contributed by atoms with Crippen LogP contribution in [0.4, 0.5) is 4.79 Å². The molecule has 0 aromatic carbocycles. The van der Waals surface area contributed by atoms with E-state index >= 15 is 0 Å². The predicted molar refractivity (Wildman–Crippen MR) is 45.4 cm³/mol. The van der Waals surface area contributed by atoms with Crippen LogP contribution in [0.1, 0.15) is 11.3 Å². The van der Waals surface area contributed by atoms with Crippen molar-refractivity contribution in [1.82, 2.24) is 10.3 Å². The van der Waals surface area contributed by atoms with Gasteiger partial charge in [-0.15, -0.1) is 0 Å². The molecule has 0 atom stereocenters. The van der Waals surface area contributed by atoms with Crippen molar-refractivity contribution in [2.45, 2.75) is 13.5 Å². The van der Waals surface area contributed by atoms with Crippen LogP contribution >= 0.6 is 0 Å². The van der Waals surface area contributed by atoms with Gasteiger partial charge in [0.1, 0.15) is 0 Å². The molecule has 0 spiro atoms. The van der Waals surface area contributed by atoms with Crippen molar-refractivity contribution >= 4 is 6.03 Å². The highest BCUT2D eigenvalue weighted by Crippen LogP contribution is 1.98. The van der Waals surface area contributed by atoms with Crippen molar-refractivity contribution in [3.05, 3.63) is 29.6 Å². The summed E-state index contributed by atoms with van der Waals surface area (Å²) in [6.07, 6.45) is 1.70. The van der Waals surface area contributed by atoms with Gasteiger partial charge in [-0.2, -0.15) is 0 Å². The summed E-state index contributed by atoms with van der Waals surface area (Å²) >= 11 is 0. The van der Waals surface area contributed by atoms with E-state index in [1.165, 1.54) is 0 Å². The number of nitrogens with two attached hydrogens (primary N) is 1. The fraction of sp³-hybridized carbons (Fsp3) is 0.250. The smallest absolute Gasteiger partial charge is 0.312 e. The number of amides is 2. The molecule has 1 heterocycles. The molecule has 4 heteroatoms. The van der Waals surface area contributed by atoms with Gasteiger partial charge in [-0.3, -0.25) is 4.98 Å². The minimum atomic E-state index is -0.529. The van der Waals surface area contributed by atoms with E-state index in [2.05, 4.69) is 10.3 Å². The van der Waals surface area contributed by atoms with Crippen molar-refractivity contribution < 1.29 is 4.79 Å². The third-order valence-electron chi connectivity index (χ3n) is 1.42. The number of urea groups is 1. The Labute approximate surface area is 70.8 Å². The molecule has 64 valence electrons. The number of hydrogen-bond acceptors (Lipinski definition) is 2. The first-order valence-corrected chi connectivity index (χ1v) is 3.63. The maximum atomic E-state index is 10.3. The van der Waals surface area contributed by atoms with Crippen molar-refractivity contribution in [3.63, 3.8) is 0 Å². The summed E-state index contributed by atoms with van der Waals surface area (Å²) in [5, 5.41) is 2.47. The molecule has 0 aliphatic carbocycles. The van der Waals surface area contributed by atoms with Gasteiger partial charge in [0.2, 0.25) is 0 Å². The number of primary amides is 1. The van der Waals surface area contributed by atoms with Gasteiger partial charge in [0.15, 0.2) is 0 Å². The lowest BCUT2D eigenvalue weighted by molar-refractivity contribution is 0.248. The number of nitrogens with zero attached hydrogens (tertiary/aromatic N) is 1. The van der Waals surface area contributed by atoms with Gasteiger partial charge in [-0.25, -0.2) is 4.79 Å². The number of nitrogens with one attached hydrogen (secondary N) is 1. The Morgan fingerprint density at radius 1 is 1.75 bits per heavy atom.